The molecule has 1 saturated heterocycles. The summed E-state index contributed by atoms with van der Waals surface area (Å²) in [5, 5.41) is 10.2. The van der Waals surface area contributed by atoms with Crippen LogP contribution in [-0.4, -0.2) is 70.3 Å². The van der Waals surface area contributed by atoms with Crippen LogP contribution >= 0.6 is 0 Å². The van der Waals surface area contributed by atoms with E-state index in [9.17, 15) is 9.59 Å². The molecule has 0 bridgehead atoms. The molecule has 3 amide bonds. The molecule has 0 aliphatic carbocycles. The molecule has 1 aliphatic rings. The number of carbonyl (C=O) groups is 2. The molecule has 0 spiro atoms. The summed E-state index contributed by atoms with van der Waals surface area (Å²) in [7, 11) is 0. The molecule has 1 aromatic carbocycles. The van der Waals surface area contributed by atoms with Gasteiger partial charge < -0.3 is 15.5 Å². The first-order valence-corrected chi connectivity index (χ1v) is 10.1. The largest absolute Gasteiger partial charge is 0.353 e. The van der Waals surface area contributed by atoms with Crippen molar-refractivity contribution in [3.05, 3.63) is 53.9 Å². The van der Waals surface area contributed by atoms with Crippen LogP contribution in [0.15, 0.2) is 42.7 Å². The number of urea groups is 1. The van der Waals surface area contributed by atoms with Gasteiger partial charge in [-0.2, -0.15) is 5.10 Å². The van der Waals surface area contributed by atoms with Crippen molar-refractivity contribution in [2.24, 2.45) is 0 Å². The lowest BCUT2D eigenvalue weighted by Gasteiger charge is -2.34. The average Bonchev–Trinajstić information content (AvgIpc) is 3.14. The van der Waals surface area contributed by atoms with Crippen molar-refractivity contribution in [2.45, 2.75) is 33.0 Å². The van der Waals surface area contributed by atoms with Gasteiger partial charge in [0.1, 0.15) is 0 Å². The van der Waals surface area contributed by atoms with Crippen LogP contribution in [0.4, 0.5) is 4.79 Å². The van der Waals surface area contributed by atoms with Gasteiger partial charge in [0.05, 0.1) is 19.3 Å². The molecule has 3 rings (SSSR count). The monoisotopic (exact) mass is 398 g/mol. The molecule has 1 aliphatic heterocycles. The maximum absolute atomic E-state index is 12.4. The van der Waals surface area contributed by atoms with Crippen LogP contribution < -0.4 is 10.6 Å². The zero-order valence-corrected chi connectivity index (χ0v) is 17.2. The third-order valence-electron chi connectivity index (χ3n) is 4.79. The predicted octanol–water partition coefficient (Wildman–Crippen LogP) is 1.28. The Kier molecular flexibility index (Phi) is 7.24. The highest BCUT2D eigenvalue weighted by Crippen LogP contribution is 2.05. The molecule has 156 valence electrons. The minimum absolute atomic E-state index is 0.0328. The van der Waals surface area contributed by atoms with E-state index in [0.717, 1.165) is 5.56 Å². The number of amides is 3. The van der Waals surface area contributed by atoms with Crippen molar-refractivity contribution in [3.63, 3.8) is 0 Å². The second-order valence-electron chi connectivity index (χ2n) is 7.68. The first kappa shape index (κ1) is 20.9. The van der Waals surface area contributed by atoms with Crippen molar-refractivity contribution in [3.8, 4) is 0 Å². The molecular formula is C21H30N6O2. The van der Waals surface area contributed by atoms with Gasteiger partial charge in [-0.1, -0.05) is 30.3 Å². The molecule has 2 N–H and O–H groups in total. The number of hydrogen-bond acceptors (Lipinski definition) is 4. The summed E-state index contributed by atoms with van der Waals surface area (Å²) < 4.78 is 1.87. The summed E-state index contributed by atoms with van der Waals surface area (Å²) in [6.07, 6.45) is 3.74. The molecule has 0 saturated carbocycles. The topological polar surface area (TPSA) is 82.5 Å². The number of nitrogens with one attached hydrogen (secondary N) is 2. The Labute approximate surface area is 171 Å². The zero-order chi connectivity index (χ0) is 20.6. The van der Waals surface area contributed by atoms with Crippen LogP contribution in [0.5, 0.6) is 0 Å². The normalized spacial score (nSPS) is 14.8. The number of hydrogen-bond donors (Lipinski definition) is 2. The lowest BCUT2D eigenvalue weighted by molar-refractivity contribution is -0.123. The fourth-order valence-electron chi connectivity index (χ4n) is 3.32. The highest BCUT2D eigenvalue weighted by atomic mass is 16.2. The number of nitrogens with zero attached hydrogens (tertiary/aromatic N) is 4. The molecule has 8 heteroatoms. The lowest BCUT2D eigenvalue weighted by atomic mass is 10.2. The van der Waals surface area contributed by atoms with Crippen LogP contribution in [0, 0.1) is 0 Å². The van der Waals surface area contributed by atoms with Crippen LogP contribution in [0.25, 0.3) is 0 Å². The van der Waals surface area contributed by atoms with Gasteiger partial charge in [-0.3, -0.25) is 14.4 Å². The molecule has 0 radical (unpaired) electrons. The smallest absolute Gasteiger partial charge is 0.317 e. The summed E-state index contributed by atoms with van der Waals surface area (Å²) in [5.74, 6) is 0.0328. The van der Waals surface area contributed by atoms with Crippen molar-refractivity contribution in [1.29, 1.82) is 0 Å². The summed E-state index contributed by atoms with van der Waals surface area (Å²) >= 11 is 0. The zero-order valence-electron chi connectivity index (χ0n) is 17.2. The summed E-state index contributed by atoms with van der Waals surface area (Å²) in [4.78, 5) is 28.2. The van der Waals surface area contributed by atoms with E-state index in [0.29, 0.717) is 45.8 Å². The molecule has 1 aromatic heterocycles. The summed E-state index contributed by atoms with van der Waals surface area (Å²) in [6, 6.07) is 10.2. The van der Waals surface area contributed by atoms with E-state index in [2.05, 4.69) is 32.8 Å². The van der Waals surface area contributed by atoms with Gasteiger partial charge in [0.15, 0.2) is 0 Å². The fourth-order valence-corrected chi connectivity index (χ4v) is 3.32. The lowest BCUT2D eigenvalue weighted by Crippen LogP contribution is -2.53. The van der Waals surface area contributed by atoms with E-state index in [4.69, 9.17) is 0 Å². The maximum atomic E-state index is 12.4. The maximum Gasteiger partial charge on any atom is 0.317 e. The van der Waals surface area contributed by atoms with Gasteiger partial charge >= 0.3 is 6.03 Å². The van der Waals surface area contributed by atoms with Crippen LogP contribution in [0.3, 0.4) is 0 Å². The fraction of sp³-hybridized carbons (Fsp3) is 0.476. The van der Waals surface area contributed by atoms with Gasteiger partial charge in [-0.15, -0.1) is 0 Å². The van der Waals surface area contributed by atoms with Crippen LogP contribution in [0.1, 0.15) is 25.0 Å². The minimum atomic E-state index is -0.0768. The van der Waals surface area contributed by atoms with E-state index in [1.165, 1.54) is 5.56 Å². The van der Waals surface area contributed by atoms with Gasteiger partial charge in [-0.05, 0) is 19.4 Å². The standard InChI is InChI=1S/C21H30N6O2/c1-17(2)24-20(28)16-25-8-10-26(11-9-25)21(29)22-12-19-13-23-27(15-19)14-18-6-4-3-5-7-18/h3-7,13,15,17H,8-12,14,16H2,1-2H3,(H,22,29)(H,24,28). The van der Waals surface area contributed by atoms with E-state index in [1.54, 1.807) is 11.1 Å². The third kappa shape index (κ3) is 6.60. The van der Waals surface area contributed by atoms with Gasteiger partial charge in [0.25, 0.3) is 0 Å². The number of rotatable bonds is 7. The Balaban J connectivity index is 1.39. The molecule has 8 nitrogen and oxygen atoms in total. The Hall–Kier alpha value is -2.87. The molecule has 1 fully saturated rings. The number of benzene rings is 1. The second kappa shape index (κ2) is 10.1. The van der Waals surface area contributed by atoms with Gasteiger partial charge in [0.2, 0.25) is 5.91 Å². The quantitative estimate of drug-likeness (QED) is 0.736. The van der Waals surface area contributed by atoms with Crippen molar-refractivity contribution in [2.75, 3.05) is 32.7 Å². The van der Waals surface area contributed by atoms with Gasteiger partial charge in [-0.25, -0.2) is 4.79 Å². The Morgan fingerprint density at radius 2 is 1.79 bits per heavy atom. The number of piperazine rings is 1. The second-order valence-corrected chi connectivity index (χ2v) is 7.68. The van der Waals surface area contributed by atoms with E-state index in [1.807, 2.05) is 42.9 Å². The highest BCUT2D eigenvalue weighted by molar-refractivity contribution is 5.78. The molecule has 29 heavy (non-hydrogen) atoms. The first-order valence-electron chi connectivity index (χ1n) is 10.1. The Bertz CT molecular complexity index is 797. The van der Waals surface area contributed by atoms with Crippen molar-refractivity contribution in [1.82, 2.24) is 30.2 Å². The minimum Gasteiger partial charge on any atom is -0.353 e. The summed E-state index contributed by atoms with van der Waals surface area (Å²) in [6.45, 7) is 8.08. The average molecular weight is 399 g/mol. The van der Waals surface area contributed by atoms with E-state index in [-0.39, 0.29) is 18.0 Å². The molecule has 2 aromatic rings. The third-order valence-corrected chi connectivity index (χ3v) is 4.79. The van der Waals surface area contributed by atoms with Crippen molar-refractivity contribution >= 4 is 11.9 Å². The van der Waals surface area contributed by atoms with Gasteiger partial charge in [0, 0.05) is 50.5 Å². The van der Waals surface area contributed by atoms with E-state index >= 15 is 0 Å². The number of aromatic nitrogens is 2. The Morgan fingerprint density at radius 1 is 1.07 bits per heavy atom. The molecule has 0 unspecified atom stereocenters. The van der Waals surface area contributed by atoms with Crippen LogP contribution in [-0.2, 0) is 17.9 Å². The molecule has 0 atom stereocenters. The Morgan fingerprint density at radius 3 is 2.48 bits per heavy atom. The predicted molar refractivity (Wildman–Crippen MR) is 111 cm³/mol. The van der Waals surface area contributed by atoms with E-state index < -0.39 is 0 Å². The first-order chi connectivity index (χ1) is 14.0. The van der Waals surface area contributed by atoms with Crippen LogP contribution in [0.2, 0.25) is 0 Å². The summed E-state index contributed by atoms with van der Waals surface area (Å²) in [5.41, 5.74) is 2.16. The molecular weight excluding hydrogens is 368 g/mol. The highest BCUT2D eigenvalue weighted by Gasteiger charge is 2.22. The van der Waals surface area contributed by atoms with Crippen molar-refractivity contribution < 1.29 is 9.59 Å². The SMILES string of the molecule is CC(C)NC(=O)CN1CCN(C(=O)NCc2cnn(Cc3ccccc3)c2)CC1. The molecule has 2 heterocycles. The number of carbonyl (C=O) groups excluding carboxylic acids is 2.